The van der Waals surface area contributed by atoms with Crippen molar-refractivity contribution in [1.82, 2.24) is 16.0 Å². The Labute approximate surface area is 181 Å². The molecule has 0 radical (unpaired) electrons. The number of nitrogens with two attached hydrogens (primary N) is 1. The fraction of sp³-hybridized carbons (Fsp3) is 0.524. The predicted molar refractivity (Wildman–Crippen MR) is 114 cm³/mol. The largest absolute Gasteiger partial charge is 0.480 e. The van der Waals surface area contributed by atoms with E-state index in [1.807, 2.05) is 44.2 Å². The molecule has 1 rings (SSSR count). The van der Waals surface area contributed by atoms with Gasteiger partial charge in [-0.05, 0) is 31.2 Å². The van der Waals surface area contributed by atoms with Gasteiger partial charge in [0.1, 0.15) is 18.1 Å². The topological polar surface area (TPSA) is 171 Å². The van der Waals surface area contributed by atoms with Crippen molar-refractivity contribution in [3.63, 3.8) is 0 Å². The van der Waals surface area contributed by atoms with Crippen molar-refractivity contribution >= 4 is 23.7 Å². The van der Waals surface area contributed by atoms with Gasteiger partial charge in [-0.25, -0.2) is 4.79 Å². The van der Waals surface area contributed by atoms with Crippen LogP contribution in [0.2, 0.25) is 0 Å². The normalized spacial score (nSPS) is 14.8. The molecule has 0 aliphatic rings. The number of aliphatic hydroxyl groups is 1. The number of carboxylic acid groups (broad SMARTS) is 1. The molecular weight excluding hydrogens is 404 g/mol. The first-order valence-electron chi connectivity index (χ1n) is 10.1. The van der Waals surface area contributed by atoms with E-state index >= 15 is 0 Å². The highest BCUT2D eigenvalue weighted by molar-refractivity contribution is 5.93. The van der Waals surface area contributed by atoms with E-state index in [9.17, 15) is 19.2 Å². The molecule has 0 heterocycles. The number of aliphatic carboxylic acids is 1. The maximum Gasteiger partial charge on any atom is 0.328 e. The Balaban J connectivity index is 2.70. The van der Waals surface area contributed by atoms with Crippen LogP contribution in [-0.4, -0.2) is 64.7 Å². The summed E-state index contributed by atoms with van der Waals surface area (Å²) in [5.41, 5.74) is 6.81. The second kappa shape index (κ2) is 12.7. The van der Waals surface area contributed by atoms with Gasteiger partial charge in [0, 0.05) is 0 Å². The lowest BCUT2D eigenvalue weighted by molar-refractivity contribution is -0.143. The number of carbonyl (C=O) groups excluding carboxylic acids is 3. The number of hydrogen-bond acceptors (Lipinski definition) is 6. The molecule has 0 saturated carbocycles. The first-order chi connectivity index (χ1) is 14.5. The molecule has 0 aromatic heterocycles. The zero-order valence-electron chi connectivity index (χ0n) is 18.0. The van der Waals surface area contributed by atoms with Gasteiger partial charge in [0.15, 0.2) is 0 Å². The second-order valence-corrected chi connectivity index (χ2v) is 7.80. The van der Waals surface area contributed by atoms with Gasteiger partial charge in [0.25, 0.3) is 0 Å². The second-order valence-electron chi connectivity index (χ2n) is 7.80. The minimum absolute atomic E-state index is 0.0117. The lowest BCUT2D eigenvalue weighted by atomic mass is 10.0. The highest BCUT2D eigenvalue weighted by Gasteiger charge is 2.29. The van der Waals surface area contributed by atoms with E-state index in [0.29, 0.717) is 6.42 Å². The molecule has 0 bridgehead atoms. The maximum absolute atomic E-state index is 12.5. The van der Waals surface area contributed by atoms with Crippen molar-refractivity contribution in [3.05, 3.63) is 35.9 Å². The van der Waals surface area contributed by atoms with Gasteiger partial charge in [-0.15, -0.1) is 0 Å². The molecule has 0 saturated heterocycles. The Bertz CT molecular complexity index is 755. The van der Waals surface area contributed by atoms with E-state index in [-0.39, 0.29) is 12.3 Å². The van der Waals surface area contributed by atoms with Crippen LogP contribution in [0.1, 0.15) is 32.8 Å². The third-order valence-corrected chi connectivity index (χ3v) is 4.52. The van der Waals surface area contributed by atoms with Gasteiger partial charge < -0.3 is 31.9 Å². The molecule has 10 nitrogen and oxygen atoms in total. The summed E-state index contributed by atoms with van der Waals surface area (Å²) in [6, 6.07) is 4.88. The lowest BCUT2D eigenvalue weighted by Gasteiger charge is -2.24. The summed E-state index contributed by atoms with van der Waals surface area (Å²) >= 11 is 0. The summed E-state index contributed by atoms with van der Waals surface area (Å²) in [5.74, 6) is -3.24. The zero-order chi connectivity index (χ0) is 23.6. The van der Waals surface area contributed by atoms with Crippen LogP contribution in [0.15, 0.2) is 30.3 Å². The van der Waals surface area contributed by atoms with E-state index < -0.39 is 54.5 Å². The lowest BCUT2D eigenvalue weighted by Crippen LogP contribution is -2.57. The number of amides is 3. The first kappa shape index (κ1) is 26.1. The molecule has 10 heteroatoms. The third kappa shape index (κ3) is 9.14. The van der Waals surface area contributed by atoms with Crippen molar-refractivity contribution in [2.24, 2.45) is 11.7 Å². The molecule has 4 unspecified atom stereocenters. The average molecular weight is 437 g/mol. The molecule has 31 heavy (non-hydrogen) atoms. The van der Waals surface area contributed by atoms with Crippen LogP contribution < -0.4 is 21.7 Å². The molecule has 3 amide bonds. The maximum atomic E-state index is 12.5. The monoisotopic (exact) mass is 436 g/mol. The molecule has 1 aromatic rings. The Morgan fingerprint density at radius 2 is 1.48 bits per heavy atom. The molecule has 0 fully saturated rings. The predicted octanol–water partition coefficient (Wildman–Crippen LogP) is -0.846. The van der Waals surface area contributed by atoms with Gasteiger partial charge in [0.05, 0.1) is 12.6 Å². The number of carboxylic acids is 1. The van der Waals surface area contributed by atoms with Crippen LogP contribution >= 0.6 is 0 Å². The van der Waals surface area contributed by atoms with Crippen molar-refractivity contribution in [2.75, 3.05) is 6.61 Å². The zero-order valence-corrected chi connectivity index (χ0v) is 18.0. The van der Waals surface area contributed by atoms with Crippen LogP contribution in [0.25, 0.3) is 0 Å². The number of rotatable bonds is 12. The molecule has 0 spiro atoms. The number of carbonyl (C=O) groups is 4. The number of aliphatic hydroxyl groups excluding tert-OH is 1. The van der Waals surface area contributed by atoms with Crippen molar-refractivity contribution in [1.29, 1.82) is 0 Å². The fourth-order valence-corrected chi connectivity index (χ4v) is 2.80. The molecule has 4 atom stereocenters. The number of hydrogen-bond donors (Lipinski definition) is 6. The third-order valence-electron chi connectivity index (χ3n) is 4.52. The standard InChI is InChI=1S/C21H32N4O6/c1-12(2)9-16(20(29)25-17(11-26)21(30)31)24-18(27)13(3)23-19(28)15(22)10-14-7-5-4-6-8-14/h4-8,12-13,15-17,26H,9-11,22H2,1-3H3,(H,23,28)(H,24,27)(H,25,29)(H,30,31). The molecular formula is C21H32N4O6. The van der Waals surface area contributed by atoms with E-state index in [1.165, 1.54) is 6.92 Å². The Hall–Kier alpha value is -2.98. The van der Waals surface area contributed by atoms with Crippen molar-refractivity contribution in [3.8, 4) is 0 Å². The van der Waals surface area contributed by atoms with E-state index in [0.717, 1.165) is 5.56 Å². The first-order valence-corrected chi connectivity index (χ1v) is 10.1. The minimum Gasteiger partial charge on any atom is -0.480 e. The van der Waals surface area contributed by atoms with Gasteiger partial charge in [-0.3, -0.25) is 14.4 Å². The smallest absolute Gasteiger partial charge is 0.328 e. The summed E-state index contributed by atoms with van der Waals surface area (Å²) in [6.07, 6.45) is 0.542. The van der Waals surface area contributed by atoms with Gasteiger partial charge >= 0.3 is 5.97 Å². The molecule has 1 aromatic carbocycles. The Kier molecular flexibility index (Phi) is 10.6. The average Bonchev–Trinajstić information content (AvgIpc) is 2.71. The number of nitrogens with one attached hydrogen (secondary N) is 3. The molecule has 0 aliphatic heterocycles. The summed E-state index contributed by atoms with van der Waals surface area (Å²) in [7, 11) is 0. The van der Waals surface area contributed by atoms with Crippen LogP contribution in [0.4, 0.5) is 0 Å². The van der Waals surface area contributed by atoms with Crippen molar-refractivity contribution in [2.45, 2.75) is 57.8 Å². The summed E-state index contributed by atoms with van der Waals surface area (Å²) in [5, 5.41) is 25.3. The van der Waals surface area contributed by atoms with Gasteiger partial charge in [0.2, 0.25) is 17.7 Å². The minimum atomic E-state index is -1.48. The van der Waals surface area contributed by atoms with Crippen LogP contribution in [-0.2, 0) is 25.6 Å². The van der Waals surface area contributed by atoms with Gasteiger partial charge in [-0.2, -0.15) is 0 Å². The summed E-state index contributed by atoms with van der Waals surface area (Å²) < 4.78 is 0. The summed E-state index contributed by atoms with van der Waals surface area (Å²) in [4.78, 5) is 48.3. The van der Waals surface area contributed by atoms with Gasteiger partial charge in [-0.1, -0.05) is 44.2 Å². The Morgan fingerprint density at radius 1 is 0.903 bits per heavy atom. The highest BCUT2D eigenvalue weighted by Crippen LogP contribution is 2.07. The van der Waals surface area contributed by atoms with Crippen LogP contribution in [0.3, 0.4) is 0 Å². The van der Waals surface area contributed by atoms with Crippen LogP contribution in [0, 0.1) is 5.92 Å². The van der Waals surface area contributed by atoms with E-state index in [1.54, 1.807) is 0 Å². The van der Waals surface area contributed by atoms with Crippen LogP contribution in [0.5, 0.6) is 0 Å². The van der Waals surface area contributed by atoms with E-state index in [4.69, 9.17) is 15.9 Å². The molecule has 172 valence electrons. The van der Waals surface area contributed by atoms with Crippen molar-refractivity contribution < 1.29 is 29.4 Å². The molecule has 7 N–H and O–H groups in total. The summed E-state index contributed by atoms with van der Waals surface area (Å²) in [6.45, 7) is 4.34. The fourth-order valence-electron chi connectivity index (χ4n) is 2.80. The Morgan fingerprint density at radius 3 is 2.00 bits per heavy atom. The highest BCUT2D eigenvalue weighted by atomic mass is 16.4. The molecule has 0 aliphatic carbocycles. The SMILES string of the molecule is CC(C)CC(NC(=O)C(C)NC(=O)C(N)Cc1ccccc1)C(=O)NC(CO)C(=O)O. The van der Waals surface area contributed by atoms with E-state index in [2.05, 4.69) is 16.0 Å². The quantitative estimate of drug-likeness (QED) is 0.248. The number of benzene rings is 1.